The highest BCUT2D eigenvalue weighted by molar-refractivity contribution is 6.02. The molecule has 0 aliphatic heterocycles. The molecule has 98 valence electrons. The van der Waals surface area contributed by atoms with Crippen molar-refractivity contribution in [2.75, 3.05) is 0 Å². The Labute approximate surface area is 116 Å². The average Bonchev–Trinajstić information content (AvgIpc) is 2.42. The zero-order valence-electron chi connectivity index (χ0n) is 12.0. The first-order chi connectivity index (χ1) is 9.20. The molecule has 0 heterocycles. The van der Waals surface area contributed by atoms with Crippen molar-refractivity contribution in [3.8, 4) is 0 Å². The van der Waals surface area contributed by atoms with Crippen LogP contribution in [0.2, 0.25) is 0 Å². The maximum Gasteiger partial charge on any atom is 0.0662 e. The Kier molecular flexibility index (Phi) is 4.51. The van der Waals surface area contributed by atoms with Crippen LogP contribution in [-0.4, -0.2) is 5.71 Å². The molecule has 2 aromatic rings. The summed E-state index contributed by atoms with van der Waals surface area (Å²) in [6.45, 7) is 6.42. The van der Waals surface area contributed by atoms with Crippen LogP contribution in [0.25, 0.3) is 0 Å². The van der Waals surface area contributed by atoms with Gasteiger partial charge in [0.1, 0.15) is 0 Å². The number of benzene rings is 2. The third kappa shape index (κ3) is 3.54. The van der Waals surface area contributed by atoms with Crippen molar-refractivity contribution in [2.24, 2.45) is 4.99 Å². The molecule has 0 spiro atoms. The second-order valence-corrected chi connectivity index (χ2v) is 4.96. The monoisotopic (exact) mass is 251 g/mol. The average molecular weight is 251 g/mol. The summed E-state index contributed by atoms with van der Waals surface area (Å²) in [5, 5.41) is 0. The van der Waals surface area contributed by atoms with E-state index in [1.165, 1.54) is 22.4 Å². The van der Waals surface area contributed by atoms with Crippen LogP contribution in [0.4, 0.5) is 5.69 Å². The van der Waals surface area contributed by atoms with Crippen LogP contribution in [0, 0.1) is 13.8 Å². The Hall–Kier alpha value is -1.89. The van der Waals surface area contributed by atoms with E-state index in [0.29, 0.717) is 0 Å². The first kappa shape index (κ1) is 13.5. The van der Waals surface area contributed by atoms with Crippen molar-refractivity contribution in [2.45, 2.75) is 33.6 Å². The van der Waals surface area contributed by atoms with Crippen LogP contribution in [0.15, 0.2) is 53.5 Å². The number of rotatable bonds is 4. The summed E-state index contributed by atoms with van der Waals surface area (Å²) in [6, 6.07) is 16.9. The zero-order valence-corrected chi connectivity index (χ0v) is 12.0. The predicted octanol–water partition coefficient (Wildman–Crippen LogP) is 5.22. The summed E-state index contributed by atoms with van der Waals surface area (Å²) in [7, 11) is 0. The lowest BCUT2D eigenvalue weighted by atomic mass is 10.0. The van der Waals surface area contributed by atoms with E-state index >= 15 is 0 Å². The molecule has 0 fully saturated rings. The molecular weight excluding hydrogens is 230 g/mol. The summed E-state index contributed by atoms with van der Waals surface area (Å²) >= 11 is 0. The highest BCUT2D eigenvalue weighted by Gasteiger charge is 2.04. The van der Waals surface area contributed by atoms with E-state index in [1.807, 2.05) is 6.07 Å². The molecule has 0 atom stereocenters. The molecule has 2 aromatic carbocycles. The zero-order chi connectivity index (χ0) is 13.7. The van der Waals surface area contributed by atoms with E-state index in [-0.39, 0.29) is 0 Å². The fourth-order valence-electron chi connectivity index (χ4n) is 2.08. The lowest BCUT2D eigenvalue weighted by Gasteiger charge is -2.08. The summed E-state index contributed by atoms with van der Waals surface area (Å²) in [6.07, 6.45) is 2.12. The van der Waals surface area contributed by atoms with E-state index in [9.17, 15) is 0 Å². The smallest absolute Gasteiger partial charge is 0.0662 e. The molecule has 0 bridgehead atoms. The van der Waals surface area contributed by atoms with Gasteiger partial charge in [-0.25, -0.2) is 0 Å². The Balaban J connectivity index is 2.40. The van der Waals surface area contributed by atoms with Gasteiger partial charge in [0, 0.05) is 5.71 Å². The topological polar surface area (TPSA) is 12.4 Å². The van der Waals surface area contributed by atoms with Crippen molar-refractivity contribution < 1.29 is 0 Å². The summed E-state index contributed by atoms with van der Waals surface area (Å²) in [5.41, 5.74) is 6.00. The Morgan fingerprint density at radius 3 is 2.26 bits per heavy atom. The fraction of sp³-hybridized carbons (Fsp3) is 0.278. The van der Waals surface area contributed by atoms with Gasteiger partial charge in [-0.15, -0.1) is 0 Å². The molecule has 2 rings (SSSR count). The van der Waals surface area contributed by atoms with Crippen molar-refractivity contribution in [3.63, 3.8) is 0 Å². The molecule has 0 saturated heterocycles. The molecule has 0 amide bonds. The van der Waals surface area contributed by atoms with Gasteiger partial charge in [0.25, 0.3) is 0 Å². The van der Waals surface area contributed by atoms with E-state index in [0.717, 1.165) is 18.5 Å². The minimum atomic E-state index is 1.01. The minimum Gasteiger partial charge on any atom is -0.253 e. The quantitative estimate of drug-likeness (QED) is 0.660. The number of hydrogen-bond donors (Lipinski definition) is 0. The van der Waals surface area contributed by atoms with Gasteiger partial charge >= 0.3 is 0 Å². The highest BCUT2D eigenvalue weighted by atomic mass is 14.7. The summed E-state index contributed by atoms with van der Waals surface area (Å²) in [5.74, 6) is 0. The molecule has 0 saturated carbocycles. The van der Waals surface area contributed by atoms with Crippen LogP contribution in [0.3, 0.4) is 0 Å². The Morgan fingerprint density at radius 2 is 1.63 bits per heavy atom. The van der Waals surface area contributed by atoms with Gasteiger partial charge in [0.05, 0.1) is 5.69 Å². The SMILES string of the molecule is CCCC(=Nc1ccccc1C)c1ccc(C)cc1. The molecule has 0 aliphatic rings. The molecule has 0 N–H and O–H groups in total. The van der Waals surface area contributed by atoms with E-state index in [4.69, 9.17) is 4.99 Å². The second kappa shape index (κ2) is 6.33. The molecule has 0 aromatic heterocycles. The minimum absolute atomic E-state index is 1.01. The number of para-hydroxylation sites is 1. The largest absolute Gasteiger partial charge is 0.253 e. The first-order valence-electron chi connectivity index (χ1n) is 6.91. The predicted molar refractivity (Wildman–Crippen MR) is 83.5 cm³/mol. The third-order valence-electron chi connectivity index (χ3n) is 3.24. The van der Waals surface area contributed by atoms with Gasteiger partial charge in [-0.1, -0.05) is 61.4 Å². The molecule has 19 heavy (non-hydrogen) atoms. The van der Waals surface area contributed by atoms with Crippen LogP contribution in [0.5, 0.6) is 0 Å². The maximum atomic E-state index is 4.86. The third-order valence-corrected chi connectivity index (χ3v) is 3.24. The lowest BCUT2D eigenvalue weighted by Crippen LogP contribution is -2.00. The number of hydrogen-bond acceptors (Lipinski definition) is 1. The number of aliphatic imine (C=N–C) groups is 1. The van der Waals surface area contributed by atoms with Gasteiger partial charge < -0.3 is 0 Å². The first-order valence-corrected chi connectivity index (χ1v) is 6.91. The highest BCUT2D eigenvalue weighted by Crippen LogP contribution is 2.20. The molecule has 0 aliphatic carbocycles. The van der Waals surface area contributed by atoms with Crippen LogP contribution in [0.1, 0.15) is 36.5 Å². The normalized spacial score (nSPS) is 11.6. The number of aryl methyl sites for hydroxylation is 2. The Morgan fingerprint density at radius 1 is 0.947 bits per heavy atom. The second-order valence-electron chi connectivity index (χ2n) is 4.96. The van der Waals surface area contributed by atoms with Crippen LogP contribution in [-0.2, 0) is 0 Å². The van der Waals surface area contributed by atoms with Crippen LogP contribution >= 0.6 is 0 Å². The fourth-order valence-corrected chi connectivity index (χ4v) is 2.08. The van der Waals surface area contributed by atoms with E-state index in [1.54, 1.807) is 0 Å². The van der Waals surface area contributed by atoms with Crippen molar-refractivity contribution in [3.05, 3.63) is 65.2 Å². The number of nitrogens with zero attached hydrogens (tertiary/aromatic N) is 1. The van der Waals surface area contributed by atoms with Gasteiger partial charge in [0.2, 0.25) is 0 Å². The van der Waals surface area contributed by atoms with Crippen LogP contribution < -0.4 is 0 Å². The summed E-state index contributed by atoms with van der Waals surface area (Å²) < 4.78 is 0. The van der Waals surface area contributed by atoms with Gasteiger partial charge in [0.15, 0.2) is 0 Å². The molecule has 1 nitrogen and oxygen atoms in total. The van der Waals surface area contributed by atoms with Gasteiger partial charge in [-0.3, -0.25) is 4.99 Å². The molecule has 1 heteroatoms. The maximum absolute atomic E-state index is 4.86. The standard InChI is InChI=1S/C18H21N/c1-4-7-18(16-12-10-14(2)11-13-16)19-17-9-6-5-8-15(17)3/h5-6,8-13H,4,7H2,1-3H3. The van der Waals surface area contributed by atoms with Crippen molar-refractivity contribution >= 4 is 11.4 Å². The Bertz CT molecular complexity index is 564. The lowest BCUT2D eigenvalue weighted by molar-refractivity contribution is 0.992. The molecular formula is C18H21N. The molecule has 0 unspecified atom stereocenters. The van der Waals surface area contributed by atoms with E-state index < -0.39 is 0 Å². The summed E-state index contributed by atoms with van der Waals surface area (Å²) in [4.78, 5) is 4.86. The van der Waals surface area contributed by atoms with Gasteiger partial charge in [-0.05, 0) is 37.5 Å². The molecule has 0 radical (unpaired) electrons. The van der Waals surface area contributed by atoms with Gasteiger partial charge in [-0.2, -0.15) is 0 Å². The van der Waals surface area contributed by atoms with Crippen molar-refractivity contribution in [1.82, 2.24) is 0 Å². The van der Waals surface area contributed by atoms with E-state index in [2.05, 4.69) is 63.2 Å². The van der Waals surface area contributed by atoms with Crippen molar-refractivity contribution in [1.29, 1.82) is 0 Å².